The number of allylic oxidation sites excluding steroid dienone is 12. The molecule has 6 nitrogen and oxygen atoms in total. The van der Waals surface area contributed by atoms with Crippen LogP contribution >= 0.6 is 0 Å². The molecule has 0 rings (SSSR count). The van der Waals surface area contributed by atoms with Crippen LogP contribution in [0.4, 0.5) is 0 Å². The van der Waals surface area contributed by atoms with Crippen molar-refractivity contribution in [2.24, 2.45) is 0 Å². The molecule has 0 saturated carbocycles. The van der Waals surface area contributed by atoms with Crippen molar-refractivity contribution in [1.29, 1.82) is 0 Å². The van der Waals surface area contributed by atoms with E-state index in [1.54, 1.807) is 0 Å². The molecular weight excluding hydrogens is 817 g/mol. The molecule has 0 bridgehead atoms. The summed E-state index contributed by atoms with van der Waals surface area (Å²) in [6, 6.07) is 0. The van der Waals surface area contributed by atoms with Gasteiger partial charge in [-0.1, -0.05) is 222 Å². The Morgan fingerprint density at radius 1 is 0.318 bits per heavy atom. The number of ether oxygens (including phenoxy) is 3. The van der Waals surface area contributed by atoms with Crippen molar-refractivity contribution in [2.45, 2.75) is 277 Å². The molecule has 0 heterocycles. The Bertz CT molecular complexity index is 1240. The summed E-state index contributed by atoms with van der Waals surface area (Å²) in [4.78, 5) is 38.0. The zero-order valence-electron chi connectivity index (χ0n) is 43.4. The molecule has 0 aliphatic heterocycles. The first-order valence-electron chi connectivity index (χ1n) is 27.9. The molecule has 0 fully saturated rings. The quantitative estimate of drug-likeness (QED) is 0.0262. The lowest BCUT2D eigenvalue weighted by Gasteiger charge is -2.18. The first kappa shape index (κ1) is 62.8. The number of hydrogen-bond donors (Lipinski definition) is 0. The van der Waals surface area contributed by atoms with E-state index in [1.165, 1.54) is 116 Å². The summed E-state index contributed by atoms with van der Waals surface area (Å²) in [7, 11) is 0. The fourth-order valence-electron chi connectivity index (χ4n) is 7.72. The summed E-state index contributed by atoms with van der Waals surface area (Å²) in [5, 5.41) is 0. The highest BCUT2D eigenvalue weighted by Crippen LogP contribution is 2.15. The van der Waals surface area contributed by atoms with Gasteiger partial charge in [0.15, 0.2) is 6.10 Å². The highest BCUT2D eigenvalue weighted by molar-refractivity contribution is 5.71. The fraction of sp³-hybridized carbons (Fsp3) is 0.750. The monoisotopic (exact) mass is 921 g/mol. The van der Waals surface area contributed by atoms with Gasteiger partial charge < -0.3 is 14.2 Å². The molecule has 380 valence electrons. The average Bonchev–Trinajstić information content (AvgIpc) is 3.31. The van der Waals surface area contributed by atoms with Gasteiger partial charge in [-0.25, -0.2) is 0 Å². The van der Waals surface area contributed by atoms with E-state index in [1.807, 2.05) is 0 Å². The average molecular weight is 921 g/mol. The molecule has 6 heteroatoms. The smallest absolute Gasteiger partial charge is 0.306 e. The van der Waals surface area contributed by atoms with Gasteiger partial charge in [0.05, 0.1) is 0 Å². The fourth-order valence-corrected chi connectivity index (χ4v) is 7.72. The van der Waals surface area contributed by atoms with E-state index in [-0.39, 0.29) is 31.1 Å². The number of unbranched alkanes of at least 4 members (excludes halogenated alkanes) is 27. The maximum atomic E-state index is 12.8. The standard InChI is InChI=1S/C60H104O6/c1-4-7-10-13-16-19-22-24-26-27-28-29-30-31-32-33-35-36-38-41-44-47-50-53-59(62)65-56-57(55-64-58(61)52-49-46-43-40-21-18-15-12-9-6-3)66-60(63)54-51-48-45-42-39-37-34-25-23-20-17-14-11-8-5-2/h8,11-12,15,17,20,22,24-25,27-28,34,57H,4-7,9-10,13-14,16,18-19,21,23,26,29-33,35-56H2,1-3H3/b11-8-,15-12-,20-17-,24-22-,28-27-,34-25-. The Balaban J connectivity index is 4.28. The number of esters is 3. The van der Waals surface area contributed by atoms with Crippen LogP contribution in [0.3, 0.4) is 0 Å². The van der Waals surface area contributed by atoms with Crippen molar-refractivity contribution in [2.75, 3.05) is 13.2 Å². The zero-order chi connectivity index (χ0) is 47.9. The van der Waals surface area contributed by atoms with Gasteiger partial charge >= 0.3 is 17.9 Å². The number of carbonyl (C=O) groups excluding carboxylic acids is 3. The van der Waals surface area contributed by atoms with E-state index < -0.39 is 6.10 Å². The lowest BCUT2D eigenvalue weighted by molar-refractivity contribution is -0.167. The second-order valence-corrected chi connectivity index (χ2v) is 18.5. The Kier molecular flexibility index (Phi) is 51.9. The SMILES string of the molecule is CC/C=C\C/C=C\C/C=C\CCCCCCCC(=O)OC(COC(=O)CCCCCCC/C=C\CCC)COC(=O)CCCCCCCCCCCCC/C=C\C/C=C\CCCCCCC. The van der Waals surface area contributed by atoms with E-state index >= 15 is 0 Å². The molecule has 1 unspecified atom stereocenters. The van der Waals surface area contributed by atoms with Crippen LogP contribution < -0.4 is 0 Å². The minimum atomic E-state index is -0.788. The predicted octanol–water partition coefficient (Wildman–Crippen LogP) is 18.6. The molecule has 0 saturated heterocycles. The predicted molar refractivity (Wildman–Crippen MR) is 284 cm³/mol. The van der Waals surface area contributed by atoms with Crippen LogP contribution in [-0.4, -0.2) is 37.2 Å². The van der Waals surface area contributed by atoms with Gasteiger partial charge in [-0.05, 0) is 103 Å². The normalized spacial score (nSPS) is 12.6. The Hall–Kier alpha value is -3.15. The van der Waals surface area contributed by atoms with E-state index in [4.69, 9.17) is 14.2 Å². The third kappa shape index (κ3) is 51.8. The Morgan fingerprint density at radius 3 is 1.00 bits per heavy atom. The topological polar surface area (TPSA) is 78.9 Å². The highest BCUT2D eigenvalue weighted by atomic mass is 16.6. The molecule has 0 aliphatic carbocycles. The Labute approximate surface area is 408 Å². The minimum absolute atomic E-state index is 0.0859. The summed E-state index contributed by atoms with van der Waals surface area (Å²) in [5.41, 5.74) is 0. The van der Waals surface area contributed by atoms with Crippen LogP contribution in [0.25, 0.3) is 0 Å². The lowest BCUT2D eigenvalue weighted by Crippen LogP contribution is -2.30. The number of rotatable bonds is 50. The number of carbonyl (C=O) groups is 3. The molecule has 0 spiro atoms. The summed E-state index contributed by atoms with van der Waals surface area (Å²) in [6.45, 7) is 6.44. The first-order chi connectivity index (χ1) is 32.5. The summed E-state index contributed by atoms with van der Waals surface area (Å²) < 4.78 is 16.8. The van der Waals surface area contributed by atoms with Crippen molar-refractivity contribution in [1.82, 2.24) is 0 Å². The van der Waals surface area contributed by atoms with Crippen LogP contribution in [0, 0.1) is 0 Å². The molecule has 0 radical (unpaired) electrons. The highest BCUT2D eigenvalue weighted by Gasteiger charge is 2.19. The molecule has 0 N–H and O–H groups in total. The van der Waals surface area contributed by atoms with Gasteiger partial charge in [0.1, 0.15) is 13.2 Å². The molecule has 0 aromatic rings. The molecule has 0 aromatic carbocycles. The maximum absolute atomic E-state index is 12.8. The summed E-state index contributed by atoms with van der Waals surface area (Å²) >= 11 is 0. The first-order valence-corrected chi connectivity index (χ1v) is 27.9. The van der Waals surface area contributed by atoms with Gasteiger partial charge in [0.2, 0.25) is 0 Å². The van der Waals surface area contributed by atoms with Crippen LogP contribution in [0.1, 0.15) is 271 Å². The van der Waals surface area contributed by atoms with Gasteiger partial charge in [0, 0.05) is 19.3 Å². The van der Waals surface area contributed by atoms with Gasteiger partial charge in [-0.15, -0.1) is 0 Å². The van der Waals surface area contributed by atoms with Crippen LogP contribution in [0.15, 0.2) is 72.9 Å². The van der Waals surface area contributed by atoms with Crippen molar-refractivity contribution >= 4 is 17.9 Å². The summed E-state index contributed by atoms with van der Waals surface area (Å²) in [5.74, 6) is -0.912. The minimum Gasteiger partial charge on any atom is -0.462 e. The maximum Gasteiger partial charge on any atom is 0.306 e. The van der Waals surface area contributed by atoms with Crippen LogP contribution in [0.2, 0.25) is 0 Å². The van der Waals surface area contributed by atoms with Gasteiger partial charge in [0.25, 0.3) is 0 Å². The van der Waals surface area contributed by atoms with E-state index in [0.29, 0.717) is 19.3 Å². The molecule has 0 aliphatic rings. The number of hydrogen-bond acceptors (Lipinski definition) is 6. The van der Waals surface area contributed by atoms with Gasteiger partial charge in [-0.3, -0.25) is 14.4 Å². The Morgan fingerprint density at radius 2 is 0.621 bits per heavy atom. The van der Waals surface area contributed by atoms with Crippen LogP contribution in [0.5, 0.6) is 0 Å². The van der Waals surface area contributed by atoms with Crippen molar-refractivity contribution in [3.8, 4) is 0 Å². The second kappa shape index (κ2) is 54.5. The third-order valence-corrected chi connectivity index (χ3v) is 11.9. The second-order valence-electron chi connectivity index (χ2n) is 18.5. The molecule has 0 aromatic heterocycles. The van der Waals surface area contributed by atoms with E-state index in [2.05, 4.69) is 93.7 Å². The van der Waals surface area contributed by atoms with E-state index in [9.17, 15) is 14.4 Å². The van der Waals surface area contributed by atoms with Gasteiger partial charge in [-0.2, -0.15) is 0 Å². The van der Waals surface area contributed by atoms with E-state index in [0.717, 1.165) is 116 Å². The zero-order valence-corrected chi connectivity index (χ0v) is 43.4. The third-order valence-electron chi connectivity index (χ3n) is 11.9. The molecule has 1 atom stereocenters. The lowest BCUT2D eigenvalue weighted by atomic mass is 10.0. The van der Waals surface area contributed by atoms with Crippen molar-refractivity contribution < 1.29 is 28.6 Å². The summed E-state index contributed by atoms with van der Waals surface area (Å²) in [6.07, 6.45) is 69.0. The largest absolute Gasteiger partial charge is 0.462 e. The molecular formula is C60H104O6. The molecule has 0 amide bonds. The van der Waals surface area contributed by atoms with Crippen LogP contribution in [-0.2, 0) is 28.6 Å². The molecule has 66 heavy (non-hydrogen) atoms. The van der Waals surface area contributed by atoms with Crippen molar-refractivity contribution in [3.05, 3.63) is 72.9 Å². The van der Waals surface area contributed by atoms with Crippen molar-refractivity contribution in [3.63, 3.8) is 0 Å².